The quantitative estimate of drug-likeness (QED) is 0.732. The molecule has 0 saturated heterocycles. The second kappa shape index (κ2) is 4.63. The third-order valence-electron chi connectivity index (χ3n) is 2.35. The molecule has 0 spiro atoms. The first-order chi connectivity index (χ1) is 8.88. The highest BCUT2D eigenvalue weighted by atomic mass is 19.4. The fraction of sp³-hybridized carbons (Fsp3) is 0.0909. The summed E-state index contributed by atoms with van der Waals surface area (Å²) in [7, 11) is 0. The predicted octanol–water partition coefficient (Wildman–Crippen LogP) is 2.26. The summed E-state index contributed by atoms with van der Waals surface area (Å²) in [5.41, 5.74) is 3.62. The maximum Gasteiger partial charge on any atom is 0.418 e. The van der Waals surface area contributed by atoms with Gasteiger partial charge in [0.05, 0.1) is 5.56 Å². The molecule has 2 aromatic rings. The molecule has 0 atom stereocenters. The number of amides is 1. The number of hydrogen-bond acceptors (Lipinski definition) is 3. The number of nitrogen functional groups attached to an aromatic ring is 1. The van der Waals surface area contributed by atoms with Crippen LogP contribution in [-0.4, -0.2) is 15.9 Å². The van der Waals surface area contributed by atoms with Crippen LogP contribution in [0.25, 0.3) is 0 Å². The Morgan fingerprint density at radius 2 is 2.11 bits per heavy atom. The maximum absolute atomic E-state index is 12.6. The summed E-state index contributed by atoms with van der Waals surface area (Å²) in [6.45, 7) is 0. The van der Waals surface area contributed by atoms with Crippen LogP contribution in [0.15, 0.2) is 30.6 Å². The van der Waals surface area contributed by atoms with Gasteiger partial charge in [0.25, 0.3) is 5.91 Å². The Kier molecular flexibility index (Phi) is 3.16. The molecule has 0 aliphatic carbocycles. The molecule has 1 aromatic heterocycles. The van der Waals surface area contributed by atoms with Gasteiger partial charge in [-0.1, -0.05) is 0 Å². The Hall–Kier alpha value is -2.51. The highest BCUT2D eigenvalue weighted by Gasteiger charge is 2.33. The van der Waals surface area contributed by atoms with Gasteiger partial charge in [-0.2, -0.15) is 13.2 Å². The summed E-state index contributed by atoms with van der Waals surface area (Å²) in [5, 5.41) is 2.32. The van der Waals surface area contributed by atoms with E-state index >= 15 is 0 Å². The minimum Gasteiger partial charge on any atom is -0.398 e. The fourth-order valence-corrected chi connectivity index (χ4v) is 1.46. The lowest BCUT2D eigenvalue weighted by molar-refractivity contribution is -0.136. The molecular weight excluding hydrogens is 261 g/mol. The summed E-state index contributed by atoms with van der Waals surface area (Å²) in [4.78, 5) is 18.1. The number of nitrogens with two attached hydrogens (primary N) is 1. The average Bonchev–Trinajstić information content (AvgIpc) is 2.80. The van der Waals surface area contributed by atoms with Crippen LogP contribution in [-0.2, 0) is 6.18 Å². The Labute approximate surface area is 105 Å². The van der Waals surface area contributed by atoms with E-state index in [0.717, 1.165) is 6.07 Å². The molecule has 4 N–H and O–H groups in total. The zero-order chi connectivity index (χ0) is 14.0. The molecule has 0 fully saturated rings. The number of H-pyrrole nitrogens is 1. The lowest BCUT2D eigenvalue weighted by Crippen LogP contribution is -2.16. The van der Waals surface area contributed by atoms with Crippen LogP contribution in [0.4, 0.5) is 24.8 Å². The SMILES string of the molecule is Nc1ccc(C(=O)Nc2ncc[nH]2)cc1C(F)(F)F. The number of halogens is 3. The van der Waals surface area contributed by atoms with Crippen molar-refractivity contribution in [2.75, 3.05) is 11.1 Å². The smallest absolute Gasteiger partial charge is 0.398 e. The summed E-state index contributed by atoms with van der Waals surface area (Å²) < 4.78 is 37.9. The maximum atomic E-state index is 12.6. The number of rotatable bonds is 2. The second-order valence-electron chi connectivity index (χ2n) is 3.69. The number of imidazole rings is 1. The Balaban J connectivity index is 2.28. The Bertz CT molecular complexity index is 592. The predicted molar refractivity (Wildman–Crippen MR) is 62.4 cm³/mol. The zero-order valence-corrected chi connectivity index (χ0v) is 9.45. The number of nitrogens with zero attached hydrogens (tertiary/aromatic N) is 1. The fourth-order valence-electron chi connectivity index (χ4n) is 1.46. The lowest BCUT2D eigenvalue weighted by Gasteiger charge is -2.11. The molecule has 19 heavy (non-hydrogen) atoms. The average molecular weight is 270 g/mol. The van der Waals surface area contributed by atoms with E-state index < -0.39 is 23.3 Å². The molecule has 0 saturated carbocycles. The molecule has 2 rings (SSSR count). The summed E-state index contributed by atoms with van der Waals surface area (Å²) in [6.07, 6.45) is -1.73. The van der Waals surface area contributed by atoms with E-state index in [1.807, 2.05) is 0 Å². The summed E-state index contributed by atoms with van der Waals surface area (Å²) in [6, 6.07) is 2.95. The molecule has 0 aliphatic heterocycles. The molecule has 1 heterocycles. The van der Waals surface area contributed by atoms with Crippen LogP contribution in [0.2, 0.25) is 0 Å². The second-order valence-corrected chi connectivity index (χ2v) is 3.69. The van der Waals surface area contributed by atoms with E-state index in [4.69, 9.17) is 5.73 Å². The van der Waals surface area contributed by atoms with Crippen LogP contribution in [0.1, 0.15) is 15.9 Å². The van der Waals surface area contributed by atoms with Crippen LogP contribution in [0.3, 0.4) is 0 Å². The van der Waals surface area contributed by atoms with Gasteiger partial charge >= 0.3 is 6.18 Å². The molecule has 0 bridgehead atoms. The molecule has 1 aromatic carbocycles. The van der Waals surface area contributed by atoms with Gasteiger partial charge < -0.3 is 10.7 Å². The molecule has 100 valence electrons. The number of carbonyl (C=O) groups is 1. The van der Waals surface area contributed by atoms with E-state index in [0.29, 0.717) is 6.07 Å². The number of aromatic amines is 1. The summed E-state index contributed by atoms with van der Waals surface area (Å²) in [5.74, 6) is -0.559. The third-order valence-corrected chi connectivity index (χ3v) is 2.35. The van der Waals surface area contributed by atoms with Crippen molar-refractivity contribution in [3.63, 3.8) is 0 Å². The normalized spacial score (nSPS) is 11.3. The van der Waals surface area contributed by atoms with Crippen molar-refractivity contribution < 1.29 is 18.0 Å². The molecule has 0 radical (unpaired) electrons. The van der Waals surface area contributed by atoms with Crippen molar-refractivity contribution >= 4 is 17.5 Å². The molecule has 0 unspecified atom stereocenters. The van der Waals surface area contributed by atoms with E-state index in [2.05, 4.69) is 15.3 Å². The van der Waals surface area contributed by atoms with Crippen molar-refractivity contribution in [2.24, 2.45) is 0 Å². The first kappa shape index (κ1) is 12.9. The number of nitrogens with one attached hydrogen (secondary N) is 2. The largest absolute Gasteiger partial charge is 0.418 e. The first-order valence-corrected chi connectivity index (χ1v) is 5.15. The molecule has 5 nitrogen and oxygen atoms in total. The van der Waals surface area contributed by atoms with E-state index in [9.17, 15) is 18.0 Å². The highest BCUT2D eigenvalue weighted by Crippen LogP contribution is 2.34. The van der Waals surface area contributed by atoms with E-state index in [1.54, 1.807) is 0 Å². The summed E-state index contributed by atoms with van der Waals surface area (Å²) >= 11 is 0. The number of benzene rings is 1. The lowest BCUT2D eigenvalue weighted by atomic mass is 10.1. The van der Waals surface area contributed by atoms with Crippen molar-refractivity contribution in [3.05, 3.63) is 41.7 Å². The van der Waals surface area contributed by atoms with Crippen LogP contribution < -0.4 is 11.1 Å². The molecule has 1 amide bonds. The van der Waals surface area contributed by atoms with Gasteiger partial charge in [0.1, 0.15) is 0 Å². The van der Waals surface area contributed by atoms with E-state index in [1.165, 1.54) is 18.5 Å². The minimum absolute atomic E-state index is 0.149. The topological polar surface area (TPSA) is 83.8 Å². The third kappa shape index (κ3) is 2.84. The van der Waals surface area contributed by atoms with E-state index in [-0.39, 0.29) is 11.5 Å². The standard InChI is InChI=1S/C11H9F3N4O/c12-11(13,14)7-5-6(1-2-8(7)15)9(19)18-10-16-3-4-17-10/h1-5H,15H2,(H2,16,17,18,19). The van der Waals surface area contributed by atoms with Crippen molar-refractivity contribution in [3.8, 4) is 0 Å². The van der Waals surface area contributed by atoms with Crippen LogP contribution >= 0.6 is 0 Å². The van der Waals surface area contributed by atoms with Crippen molar-refractivity contribution in [2.45, 2.75) is 6.18 Å². The van der Waals surface area contributed by atoms with Crippen molar-refractivity contribution in [1.82, 2.24) is 9.97 Å². The number of aromatic nitrogens is 2. The van der Waals surface area contributed by atoms with Gasteiger partial charge in [-0.05, 0) is 18.2 Å². The molecular formula is C11H9F3N4O. The molecule has 0 aliphatic rings. The van der Waals surface area contributed by atoms with Gasteiger partial charge in [-0.3, -0.25) is 10.1 Å². The minimum atomic E-state index is -4.61. The number of anilines is 2. The highest BCUT2D eigenvalue weighted by molar-refractivity contribution is 6.03. The van der Waals surface area contributed by atoms with Crippen molar-refractivity contribution in [1.29, 1.82) is 0 Å². The Morgan fingerprint density at radius 1 is 1.37 bits per heavy atom. The molecule has 8 heteroatoms. The monoisotopic (exact) mass is 270 g/mol. The van der Waals surface area contributed by atoms with Gasteiger partial charge in [0, 0.05) is 23.6 Å². The zero-order valence-electron chi connectivity index (χ0n) is 9.45. The van der Waals surface area contributed by atoms with Crippen LogP contribution in [0, 0.1) is 0 Å². The number of carbonyl (C=O) groups excluding carboxylic acids is 1. The van der Waals surface area contributed by atoms with Gasteiger partial charge in [0.2, 0.25) is 5.95 Å². The van der Waals surface area contributed by atoms with Gasteiger partial charge in [-0.15, -0.1) is 0 Å². The Morgan fingerprint density at radius 3 is 2.68 bits per heavy atom. The number of alkyl halides is 3. The van der Waals surface area contributed by atoms with Gasteiger partial charge in [0.15, 0.2) is 0 Å². The van der Waals surface area contributed by atoms with Gasteiger partial charge in [-0.25, -0.2) is 4.98 Å². The van der Waals surface area contributed by atoms with Crippen LogP contribution in [0.5, 0.6) is 0 Å². The first-order valence-electron chi connectivity index (χ1n) is 5.15. The number of hydrogen-bond donors (Lipinski definition) is 3.